The highest BCUT2D eigenvalue weighted by Gasteiger charge is 2.26. The number of benzene rings is 1. The number of urea groups is 1. The van der Waals surface area contributed by atoms with Gasteiger partial charge in [0.1, 0.15) is 23.0 Å². The van der Waals surface area contributed by atoms with Crippen LogP contribution >= 0.6 is 11.3 Å². The maximum absolute atomic E-state index is 14.6. The summed E-state index contributed by atoms with van der Waals surface area (Å²) in [5, 5.41) is 5.89. The smallest absolute Gasteiger partial charge is 0.323 e. The number of esters is 1. The summed E-state index contributed by atoms with van der Waals surface area (Å²) in [7, 11) is 0. The fraction of sp³-hybridized carbons (Fsp3) is 0.480. The lowest BCUT2D eigenvalue weighted by Gasteiger charge is -2.22. The zero-order valence-electron chi connectivity index (χ0n) is 20.1. The first-order chi connectivity index (χ1) is 16.6. The number of primary amides is 2. The van der Waals surface area contributed by atoms with E-state index in [2.05, 4.69) is 10.6 Å². The molecule has 0 aliphatic heterocycles. The maximum Gasteiger partial charge on any atom is 0.323 e. The number of rotatable bonds is 11. The number of carbonyl (C=O) groups is 3. The van der Waals surface area contributed by atoms with Crippen molar-refractivity contribution in [1.29, 1.82) is 0 Å². The fourth-order valence-electron chi connectivity index (χ4n) is 4.21. The van der Waals surface area contributed by atoms with Crippen molar-refractivity contribution < 1.29 is 23.5 Å². The van der Waals surface area contributed by atoms with Crippen LogP contribution in [0.1, 0.15) is 61.9 Å². The van der Waals surface area contributed by atoms with Gasteiger partial charge in [-0.15, -0.1) is 11.3 Å². The lowest BCUT2D eigenvalue weighted by atomic mass is 10.0. The first kappa shape index (κ1) is 26.6. The average Bonchev–Trinajstić information content (AvgIpc) is 3.43. The predicted molar refractivity (Wildman–Crippen MR) is 135 cm³/mol. The molecule has 190 valence electrons. The van der Waals surface area contributed by atoms with Crippen molar-refractivity contribution in [2.24, 2.45) is 17.4 Å². The van der Waals surface area contributed by atoms with Gasteiger partial charge in [0.25, 0.3) is 5.91 Å². The highest BCUT2D eigenvalue weighted by atomic mass is 32.1. The van der Waals surface area contributed by atoms with E-state index in [4.69, 9.17) is 16.2 Å². The average molecular weight is 505 g/mol. The lowest BCUT2D eigenvalue weighted by molar-refractivity contribution is -0.151. The van der Waals surface area contributed by atoms with E-state index in [9.17, 15) is 18.8 Å². The number of thiophene rings is 1. The monoisotopic (exact) mass is 504 g/mol. The summed E-state index contributed by atoms with van der Waals surface area (Å²) >= 11 is 1.13. The summed E-state index contributed by atoms with van der Waals surface area (Å²) in [5.74, 6) is -1.02. The second-order valence-corrected chi connectivity index (χ2v) is 10.3. The van der Waals surface area contributed by atoms with Gasteiger partial charge in [-0.25, -0.2) is 9.18 Å². The third kappa shape index (κ3) is 7.50. The Morgan fingerprint density at radius 2 is 1.89 bits per heavy atom. The van der Waals surface area contributed by atoms with Gasteiger partial charge in [-0.2, -0.15) is 0 Å². The van der Waals surface area contributed by atoms with Gasteiger partial charge >= 0.3 is 12.0 Å². The molecule has 10 heteroatoms. The van der Waals surface area contributed by atoms with Gasteiger partial charge in [0.15, 0.2) is 0 Å². The predicted octanol–water partition coefficient (Wildman–Crippen LogP) is 4.18. The summed E-state index contributed by atoms with van der Waals surface area (Å²) in [5.41, 5.74) is 11.8. The Labute approximate surface area is 208 Å². The van der Waals surface area contributed by atoms with Crippen LogP contribution in [0, 0.1) is 11.7 Å². The highest BCUT2D eigenvalue weighted by molar-refractivity contribution is 7.20. The third-order valence-corrected chi connectivity index (χ3v) is 7.03. The van der Waals surface area contributed by atoms with Gasteiger partial charge in [0.05, 0.1) is 5.56 Å². The molecule has 0 spiro atoms. The van der Waals surface area contributed by atoms with Gasteiger partial charge in [0.2, 0.25) is 0 Å². The van der Waals surface area contributed by atoms with Crippen molar-refractivity contribution in [2.75, 3.05) is 11.9 Å². The molecule has 1 aromatic heterocycles. The van der Waals surface area contributed by atoms with Crippen LogP contribution in [0.4, 0.5) is 14.2 Å². The van der Waals surface area contributed by atoms with Crippen LogP contribution in [-0.2, 0) is 16.0 Å². The largest absolute Gasteiger partial charge is 0.461 e. The van der Waals surface area contributed by atoms with E-state index < -0.39 is 18.0 Å². The molecule has 1 aliphatic rings. The van der Waals surface area contributed by atoms with Crippen molar-refractivity contribution in [1.82, 2.24) is 5.32 Å². The summed E-state index contributed by atoms with van der Waals surface area (Å²) in [6, 6.07) is 4.93. The maximum atomic E-state index is 14.6. The van der Waals surface area contributed by atoms with E-state index in [1.54, 1.807) is 18.2 Å². The normalized spacial score (nSPS) is 14.7. The van der Waals surface area contributed by atoms with Gasteiger partial charge in [0, 0.05) is 11.4 Å². The summed E-state index contributed by atoms with van der Waals surface area (Å²) in [6.45, 7) is 4.48. The van der Waals surface area contributed by atoms with Crippen molar-refractivity contribution >= 4 is 34.2 Å². The topological polar surface area (TPSA) is 137 Å². The summed E-state index contributed by atoms with van der Waals surface area (Å²) < 4.78 is 20.3. The number of ether oxygens (including phenoxy) is 1. The van der Waals surface area contributed by atoms with E-state index in [0.29, 0.717) is 41.3 Å². The zero-order chi connectivity index (χ0) is 25.5. The Bertz CT molecular complexity index is 1070. The number of hydrogen-bond donors (Lipinski definition) is 4. The van der Waals surface area contributed by atoms with Crippen LogP contribution < -0.4 is 22.1 Å². The highest BCUT2D eigenvalue weighted by Crippen LogP contribution is 2.36. The number of amides is 3. The first-order valence-corrected chi connectivity index (χ1v) is 12.7. The van der Waals surface area contributed by atoms with Crippen LogP contribution in [-0.4, -0.2) is 36.6 Å². The molecule has 0 radical (unpaired) electrons. The molecule has 2 aromatic rings. The van der Waals surface area contributed by atoms with Gasteiger partial charge in [-0.05, 0) is 73.8 Å². The van der Waals surface area contributed by atoms with E-state index in [0.717, 1.165) is 37.0 Å². The van der Waals surface area contributed by atoms with Crippen molar-refractivity contribution in [3.63, 3.8) is 0 Å². The van der Waals surface area contributed by atoms with Crippen LogP contribution in [0.25, 0.3) is 10.4 Å². The number of hydrogen-bond acceptors (Lipinski definition) is 6. The molecule has 6 N–H and O–H groups in total. The molecule has 1 aliphatic carbocycles. The Kier molecular flexibility index (Phi) is 9.22. The molecule has 3 amide bonds. The van der Waals surface area contributed by atoms with Gasteiger partial charge in [-0.1, -0.05) is 19.9 Å². The van der Waals surface area contributed by atoms with E-state index in [1.165, 1.54) is 6.07 Å². The molecule has 1 heterocycles. The molecule has 1 fully saturated rings. The minimum absolute atomic E-state index is 0.00174. The Morgan fingerprint density at radius 3 is 2.51 bits per heavy atom. The number of anilines is 1. The lowest BCUT2D eigenvalue weighted by Crippen LogP contribution is -2.41. The molecular weight excluding hydrogens is 471 g/mol. The summed E-state index contributed by atoms with van der Waals surface area (Å²) in [6.07, 6.45) is 4.98. The molecular formula is C25H33FN4O4S. The molecule has 8 nitrogen and oxygen atoms in total. The van der Waals surface area contributed by atoms with Crippen LogP contribution in [0.5, 0.6) is 0 Å². The van der Waals surface area contributed by atoms with Crippen LogP contribution in [0.2, 0.25) is 0 Å². The number of nitrogens with one attached hydrogen (secondary N) is 2. The van der Waals surface area contributed by atoms with Crippen molar-refractivity contribution in [3.8, 4) is 10.4 Å². The quantitative estimate of drug-likeness (QED) is 0.340. The van der Waals surface area contributed by atoms with Gasteiger partial charge in [-0.3, -0.25) is 14.9 Å². The number of halogens is 1. The van der Waals surface area contributed by atoms with E-state index in [1.807, 2.05) is 13.8 Å². The second-order valence-electron chi connectivity index (χ2n) is 9.24. The Balaban J connectivity index is 1.70. The van der Waals surface area contributed by atoms with E-state index in [-0.39, 0.29) is 28.5 Å². The molecule has 0 bridgehead atoms. The van der Waals surface area contributed by atoms with Crippen molar-refractivity contribution in [3.05, 3.63) is 41.2 Å². The van der Waals surface area contributed by atoms with Crippen molar-refractivity contribution in [2.45, 2.75) is 64.5 Å². The van der Waals surface area contributed by atoms with Gasteiger partial charge < -0.3 is 21.5 Å². The molecule has 1 saturated carbocycles. The Morgan fingerprint density at radius 1 is 1.17 bits per heavy atom. The molecule has 3 rings (SSSR count). The fourth-order valence-corrected chi connectivity index (χ4v) is 5.27. The molecule has 1 aromatic carbocycles. The molecule has 0 unspecified atom stereocenters. The zero-order valence-corrected chi connectivity index (χ0v) is 20.9. The minimum Gasteiger partial charge on any atom is -0.461 e. The third-order valence-electron chi connectivity index (χ3n) is 5.93. The molecule has 0 saturated heterocycles. The standard InChI is InChI=1S/C25H33FN4O4S/c1-14(2)11-20(24(32)34-17-5-3-4-6-17)29-10-9-15-12-16(7-8-19(15)26)21-13-18(22(27)31)23(35-21)30-25(28)33/h7-8,12-14,17,20,29H,3-6,9-11H2,1-2H3,(H2,27,31)(H3,28,30,33)/t20-/m1/s1. The van der Waals surface area contributed by atoms with Crippen LogP contribution in [0.3, 0.4) is 0 Å². The first-order valence-electron chi connectivity index (χ1n) is 11.9. The minimum atomic E-state index is -0.811. The van der Waals surface area contributed by atoms with Crippen LogP contribution in [0.15, 0.2) is 24.3 Å². The second kappa shape index (κ2) is 12.1. The molecule has 35 heavy (non-hydrogen) atoms. The number of nitrogens with two attached hydrogens (primary N) is 2. The molecule has 1 atom stereocenters. The Hall–Kier alpha value is -2.98. The SMILES string of the molecule is CC(C)C[C@@H](NCCc1cc(-c2cc(C(N)=O)c(NC(N)=O)s2)ccc1F)C(=O)OC1CCCC1. The van der Waals surface area contributed by atoms with E-state index >= 15 is 0 Å². The number of carbonyl (C=O) groups excluding carboxylic acids is 3. The summed E-state index contributed by atoms with van der Waals surface area (Å²) in [4.78, 5) is 36.3.